The Labute approximate surface area is 125 Å². The van der Waals surface area contributed by atoms with Crippen molar-refractivity contribution in [1.82, 2.24) is 0 Å². The van der Waals surface area contributed by atoms with Gasteiger partial charge in [0.2, 0.25) is 0 Å². The molecule has 0 aromatic carbocycles. The maximum absolute atomic E-state index is 10.1. The second kappa shape index (κ2) is 18.6. The average molecular weight is 286 g/mol. The molecule has 120 valence electrons. The highest BCUT2D eigenvalue weighted by molar-refractivity contribution is 5.48. The molecular formula is C17H34O3. The largest absolute Gasteiger partial charge is 0.379 e. The molecule has 0 atom stereocenters. The van der Waals surface area contributed by atoms with E-state index in [1.807, 2.05) is 0 Å². The molecule has 0 saturated carbocycles. The summed E-state index contributed by atoms with van der Waals surface area (Å²) in [6.45, 7) is 5.24. The Balaban J connectivity index is 2.90. The molecule has 3 heteroatoms. The van der Waals surface area contributed by atoms with E-state index < -0.39 is 0 Å². The molecule has 20 heavy (non-hydrogen) atoms. The fourth-order valence-corrected chi connectivity index (χ4v) is 2.09. The van der Waals surface area contributed by atoms with Crippen molar-refractivity contribution in [2.45, 2.75) is 77.6 Å². The number of carbonyl (C=O) groups is 1. The summed E-state index contributed by atoms with van der Waals surface area (Å²) in [4.78, 5) is 10.1. The minimum Gasteiger partial charge on any atom is -0.379 e. The Morgan fingerprint density at radius 2 is 1.15 bits per heavy atom. The third kappa shape index (κ3) is 17.6. The van der Waals surface area contributed by atoms with Gasteiger partial charge in [0.05, 0.1) is 13.2 Å². The van der Waals surface area contributed by atoms with Crippen LogP contribution in [0.5, 0.6) is 0 Å². The van der Waals surface area contributed by atoms with Crippen LogP contribution < -0.4 is 0 Å². The number of ether oxygens (including phenoxy) is 2. The SMILES string of the molecule is CCCCCCCCCCOCCOCCCCC=O. The van der Waals surface area contributed by atoms with Crippen LogP contribution in [-0.4, -0.2) is 32.7 Å². The van der Waals surface area contributed by atoms with Gasteiger partial charge in [-0.2, -0.15) is 0 Å². The summed E-state index contributed by atoms with van der Waals surface area (Å²) in [5, 5.41) is 0. The number of carbonyl (C=O) groups excluding carboxylic acids is 1. The summed E-state index contributed by atoms with van der Waals surface area (Å²) in [5.41, 5.74) is 0. The normalized spacial score (nSPS) is 10.8. The molecule has 0 bridgehead atoms. The van der Waals surface area contributed by atoms with Crippen molar-refractivity contribution in [2.75, 3.05) is 26.4 Å². The summed E-state index contributed by atoms with van der Waals surface area (Å²) in [6, 6.07) is 0. The van der Waals surface area contributed by atoms with Gasteiger partial charge in [-0.1, -0.05) is 51.9 Å². The zero-order chi connectivity index (χ0) is 14.7. The van der Waals surface area contributed by atoms with Crippen LogP contribution in [0.2, 0.25) is 0 Å². The van der Waals surface area contributed by atoms with Gasteiger partial charge in [0, 0.05) is 19.6 Å². The lowest BCUT2D eigenvalue weighted by Gasteiger charge is -2.05. The summed E-state index contributed by atoms with van der Waals surface area (Å²) < 4.78 is 10.9. The maximum Gasteiger partial charge on any atom is 0.119 e. The summed E-state index contributed by atoms with van der Waals surface area (Å²) in [6.07, 6.45) is 14.2. The molecule has 0 aromatic heterocycles. The molecule has 0 aliphatic rings. The van der Waals surface area contributed by atoms with E-state index in [-0.39, 0.29) is 0 Å². The van der Waals surface area contributed by atoms with E-state index in [2.05, 4.69) is 6.92 Å². The molecule has 0 rings (SSSR count). The molecule has 0 aromatic rings. The fourth-order valence-electron chi connectivity index (χ4n) is 2.09. The van der Waals surface area contributed by atoms with E-state index in [0.717, 1.165) is 32.3 Å². The van der Waals surface area contributed by atoms with E-state index in [1.54, 1.807) is 0 Å². The van der Waals surface area contributed by atoms with Crippen LogP contribution in [0, 0.1) is 0 Å². The minimum atomic E-state index is 0.651. The molecule has 0 unspecified atom stereocenters. The first-order valence-electron chi connectivity index (χ1n) is 8.51. The second-order valence-electron chi connectivity index (χ2n) is 5.36. The molecule has 0 N–H and O–H groups in total. The fraction of sp³-hybridized carbons (Fsp3) is 0.941. The van der Waals surface area contributed by atoms with Crippen LogP contribution in [0.3, 0.4) is 0 Å². The average Bonchev–Trinajstić information content (AvgIpc) is 2.47. The van der Waals surface area contributed by atoms with Crippen molar-refractivity contribution in [3.63, 3.8) is 0 Å². The standard InChI is InChI=1S/C17H34O3/c1-2-3-4-5-6-7-8-11-14-19-16-17-20-15-12-9-10-13-18/h13H,2-12,14-17H2,1H3. The van der Waals surface area contributed by atoms with Gasteiger partial charge in [0.1, 0.15) is 6.29 Å². The van der Waals surface area contributed by atoms with E-state index in [1.165, 1.54) is 51.4 Å². The number of hydrogen-bond acceptors (Lipinski definition) is 3. The zero-order valence-corrected chi connectivity index (χ0v) is 13.4. The molecule has 0 amide bonds. The second-order valence-corrected chi connectivity index (χ2v) is 5.36. The maximum atomic E-state index is 10.1. The van der Waals surface area contributed by atoms with Gasteiger partial charge < -0.3 is 14.3 Å². The molecule has 0 heterocycles. The molecule has 3 nitrogen and oxygen atoms in total. The first kappa shape index (κ1) is 19.6. The highest BCUT2D eigenvalue weighted by Crippen LogP contribution is 2.08. The van der Waals surface area contributed by atoms with E-state index >= 15 is 0 Å². The van der Waals surface area contributed by atoms with E-state index in [0.29, 0.717) is 19.6 Å². The van der Waals surface area contributed by atoms with Gasteiger partial charge >= 0.3 is 0 Å². The molecule has 0 spiro atoms. The van der Waals surface area contributed by atoms with E-state index in [9.17, 15) is 4.79 Å². The lowest BCUT2D eigenvalue weighted by molar-refractivity contribution is -0.108. The van der Waals surface area contributed by atoms with Crippen LogP contribution in [-0.2, 0) is 14.3 Å². The van der Waals surface area contributed by atoms with Gasteiger partial charge in [-0.3, -0.25) is 0 Å². The third-order valence-electron chi connectivity index (χ3n) is 3.37. The molecular weight excluding hydrogens is 252 g/mol. The predicted octanol–water partition coefficient (Wildman–Crippen LogP) is 4.53. The molecule has 0 saturated heterocycles. The van der Waals surface area contributed by atoms with Crippen molar-refractivity contribution < 1.29 is 14.3 Å². The number of hydrogen-bond donors (Lipinski definition) is 0. The highest BCUT2D eigenvalue weighted by Gasteiger charge is 1.93. The van der Waals surface area contributed by atoms with Crippen LogP contribution >= 0.6 is 0 Å². The number of rotatable bonds is 17. The van der Waals surface area contributed by atoms with Crippen LogP contribution in [0.4, 0.5) is 0 Å². The monoisotopic (exact) mass is 286 g/mol. The number of unbranched alkanes of at least 4 members (excludes halogenated alkanes) is 9. The van der Waals surface area contributed by atoms with Crippen molar-refractivity contribution >= 4 is 6.29 Å². The van der Waals surface area contributed by atoms with Crippen molar-refractivity contribution in [3.05, 3.63) is 0 Å². The van der Waals surface area contributed by atoms with Gasteiger partial charge in [0.25, 0.3) is 0 Å². The quantitative estimate of drug-likeness (QED) is 0.291. The summed E-state index contributed by atoms with van der Waals surface area (Å²) in [7, 11) is 0. The summed E-state index contributed by atoms with van der Waals surface area (Å²) >= 11 is 0. The first-order chi connectivity index (χ1) is 9.91. The molecule has 0 radical (unpaired) electrons. The zero-order valence-electron chi connectivity index (χ0n) is 13.4. The van der Waals surface area contributed by atoms with Gasteiger partial charge in [-0.15, -0.1) is 0 Å². The topological polar surface area (TPSA) is 35.5 Å². The minimum absolute atomic E-state index is 0.651. The Morgan fingerprint density at radius 3 is 1.70 bits per heavy atom. The Bertz CT molecular complexity index is 183. The number of aldehydes is 1. The lowest BCUT2D eigenvalue weighted by atomic mass is 10.1. The van der Waals surface area contributed by atoms with Gasteiger partial charge in [-0.25, -0.2) is 0 Å². The summed E-state index contributed by atoms with van der Waals surface area (Å²) in [5.74, 6) is 0. The first-order valence-corrected chi connectivity index (χ1v) is 8.51. The van der Waals surface area contributed by atoms with Crippen molar-refractivity contribution in [3.8, 4) is 0 Å². The Hall–Kier alpha value is -0.410. The van der Waals surface area contributed by atoms with Crippen LogP contribution in [0.1, 0.15) is 77.6 Å². The van der Waals surface area contributed by atoms with Crippen LogP contribution in [0.25, 0.3) is 0 Å². The third-order valence-corrected chi connectivity index (χ3v) is 3.37. The Morgan fingerprint density at radius 1 is 0.650 bits per heavy atom. The van der Waals surface area contributed by atoms with Crippen LogP contribution in [0.15, 0.2) is 0 Å². The predicted molar refractivity (Wildman–Crippen MR) is 84.2 cm³/mol. The molecule has 0 fully saturated rings. The Kier molecular flexibility index (Phi) is 18.2. The van der Waals surface area contributed by atoms with E-state index in [4.69, 9.17) is 9.47 Å². The van der Waals surface area contributed by atoms with Crippen molar-refractivity contribution in [2.24, 2.45) is 0 Å². The lowest BCUT2D eigenvalue weighted by Crippen LogP contribution is -2.06. The highest BCUT2D eigenvalue weighted by atomic mass is 16.5. The molecule has 0 aliphatic carbocycles. The molecule has 0 aliphatic heterocycles. The van der Waals surface area contributed by atoms with Gasteiger partial charge in [0.15, 0.2) is 0 Å². The van der Waals surface area contributed by atoms with Gasteiger partial charge in [-0.05, 0) is 19.3 Å². The van der Waals surface area contributed by atoms with Crippen molar-refractivity contribution in [1.29, 1.82) is 0 Å². The smallest absolute Gasteiger partial charge is 0.119 e.